The highest BCUT2D eigenvalue weighted by Crippen LogP contribution is 2.22. The molecule has 0 bridgehead atoms. The maximum absolute atomic E-state index is 12.2. The minimum absolute atomic E-state index is 0.275. The van der Waals surface area contributed by atoms with Crippen LogP contribution in [0.15, 0.2) is 48.8 Å². The second-order valence-corrected chi connectivity index (χ2v) is 5.87. The minimum atomic E-state index is 0.275. The van der Waals surface area contributed by atoms with E-state index in [4.69, 9.17) is 0 Å². The highest BCUT2D eigenvalue weighted by atomic mass is 16.2. The van der Waals surface area contributed by atoms with Gasteiger partial charge in [0.2, 0.25) is 5.91 Å². The normalized spacial score (nSPS) is 16.1. The first-order chi connectivity index (χ1) is 10.2. The average Bonchev–Trinajstić information content (AvgIpc) is 3.20. The maximum atomic E-state index is 12.2. The molecular weight excluding hydrogens is 260 g/mol. The number of carbonyl (C=O) groups is 1. The van der Waals surface area contributed by atoms with E-state index in [1.807, 2.05) is 29.4 Å². The zero-order chi connectivity index (χ0) is 14.7. The number of hydrogen-bond donors (Lipinski definition) is 0. The van der Waals surface area contributed by atoms with Gasteiger partial charge in [0.1, 0.15) is 0 Å². The van der Waals surface area contributed by atoms with E-state index in [1.54, 1.807) is 0 Å². The van der Waals surface area contributed by atoms with E-state index in [2.05, 4.69) is 35.8 Å². The quantitative estimate of drug-likeness (QED) is 0.841. The average molecular weight is 282 g/mol. The van der Waals surface area contributed by atoms with Crippen molar-refractivity contribution in [3.63, 3.8) is 0 Å². The zero-order valence-electron chi connectivity index (χ0n) is 12.5. The smallest absolute Gasteiger partial charge is 0.223 e. The predicted octanol–water partition coefficient (Wildman–Crippen LogP) is 3.59. The summed E-state index contributed by atoms with van der Waals surface area (Å²) in [5, 5.41) is 0. The second-order valence-electron chi connectivity index (χ2n) is 5.87. The summed E-state index contributed by atoms with van der Waals surface area (Å²) in [7, 11) is 0. The van der Waals surface area contributed by atoms with Gasteiger partial charge >= 0.3 is 0 Å². The lowest BCUT2D eigenvalue weighted by atomic mass is 9.97. The number of hydrogen-bond acceptors (Lipinski definition) is 1. The predicted molar refractivity (Wildman–Crippen MR) is 84.6 cm³/mol. The van der Waals surface area contributed by atoms with Crippen molar-refractivity contribution in [2.24, 2.45) is 0 Å². The lowest BCUT2D eigenvalue weighted by Gasteiger charge is -2.18. The molecule has 0 aliphatic carbocycles. The molecule has 3 heteroatoms. The van der Waals surface area contributed by atoms with Gasteiger partial charge in [-0.2, -0.15) is 0 Å². The molecule has 1 atom stereocenters. The third kappa shape index (κ3) is 3.18. The third-order valence-corrected chi connectivity index (χ3v) is 4.30. The number of nitrogens with zero attached hydrogens (tertiary/aromatic N) is 2. The Bertz CT molecular complexity index is 580. The van der Waals surface area contributed by atoms with E-state index in [9.17, 15) is 4.79 Å². The molecular formula is C18H22N2O. The highest BCUT2D eigenvalue weighted by Gasteiger charge is 2.20. The van der Waals surface area contributed by atoms with Gasteiger partial charge < -0.3 is 9.47 Å². The summed E-state index contributed by atoms with van der Waals surface area (Å²) in [5.74, 6) is 0.575. The van der Waals surface area contributed by atoms with Gasteiger partial charge in [-0.1, -0.05) is 19.1 Å². The lowest BCUT2D eigenvalue weighted by molar-refractivity contribution is -0.130. The van der Waals surface area contributed by atoms with Crippen LogP contribution in [0.3, 0.4) is 0 Å². The molecule has 21 heavy (non-hydrogen) atoms. The summed E-state index contributed by atoms with van der Waals surface area (Å²) in [4.78, 5) is 14.2. The molecule has 1 unspecified atom stereocenters. The Labute approximate surface area is 126 Å². The summed E-state index contributed by atoms with van der Waals surface area (Å²) in [6, 6.07) is 12.5. The van der Waals surface area contributed by atoms with Crippen molar-refractivity contribution in [1.82, 2.24) is 9.47 Å². The molecule has 1 saturated heterocycles. The number of rotatable bonds is 4. The van der Waals surface area contributed by atoms with E-state index >= 15 is 0 Å². The van der Waals surface area contributed by atoms with Crippen LogP contribution in [0.1, 0.15) is 37.7 Å². The number of aromatic nitrogens is 1. The van der Waals surface area contributed by atoms with Gasteiger partial charge in [0, 0.05) is 37.6 Å². The fourth-order valence-corrected chi connectivity index (χ4v) is 2.96. The van der Waals surface area contributed by atoms with Crippen LogP contribution in [0.2, 0.25) is 0 Å². The molecule has 0 spiro atoms. The first-order valence-electron chi connectivity index (χ1n) is 7.75. The molecule has 0 N–H and O–H groups in total. The third-order valence-electron chi connectivity index (χ3n) is 4.30. The topological polar surface area (TPSA) is 25.2 Å². The van der Waals surface area contributed by atoms with Gasteiger partial charge in [-0.15, -0.1) is 0 Å². The van der Waals surface area contributed by atoms with Crippen LogP contribution in [0.5, 0.6) is 0 Å². The molecule has 1 aliphatic rings. The zero-order valence-corrected chi connectivity index (χ0v) is 12.5. The molecule has 2 heterocycles. The van der Waals surface area contributed by atoms with Crippen LogP contribution in [0, 0.1) is 0 Å². The van der Waals surface area contributed by atoms with E-state index in [0.29, 0.717) is 12.3 Å². The largest absolute Gasteiger partial charge is 0.343 e. The molecule has 0 radical (unpaired) electrons. The Kier molecular flexibility index (Phi) is 4.09. The Hall–Kier alpha value is -2.03. The molecule has 1 amide bonds. The Morgan fingerprint density at radius 1 is 1.10 bits per heavy atom. The van der Waals surface area contributed by atoms with Crippen LogP contribution in [0.4, 0.5) is 0 Å². The van der Waals surface area contributed by atoms with Crippen molar-refractivity contribution in [2.45, 2.75) is 32.1 Å². The fraction of sp³-hybridized carbons (Fsp3) is 0.389. The number of amides is 1. The van der Waals surface area contributed by atoms with Crippen molar-refractivity contribution in [3.8, 4) is 5.69 Å². The Morgan fingerprint density at radius 2 is 1.71 bits per heavy atom. The second kappa shape index (κ2) is 6.17. The van der Waals surface area contributed by atoms with Crippen LogP contribution >= 0.6 is 0 Å². The van der Waals surface area contributed by atoms with Gasteiger partial charge in [0.15, 0.2) is 0 Å². The number of benzene rings is 1. The van der Waals surface area contributed by atoms with Crippen molar-refractivity contribution < 1.29 is 4.79 Å². The van der Waals surface area contributed by atoms with Crippen molar-refractivity contribution in [1.29, 1.82) is 0 Å². The van der Waals surface area contributed by atoms with Crippen LogP contribution in [0.25, 0.3) is 5.69 Å². The van der Waals surface area contributed by atoms with Gasteiger partial charge in [0.05, 0.1) is 0 Å². The monoisotopic (exact) mass is 282 g/mol. The van der Waals surface area contributed by atoms with Crippen LogP contribution in [-0.2, 0) is 4.79 Å². The molecule has 1 aromatic heterocycles. The van der Waals surface area contributed by atoms with Gasteiger partial charge in [0.25, 0.3) is 0 Å². The van der Waals surface area contributed by atoms with Gasteiger partial charge in [-0.05, 0) is 48.6 Å². The molecule has 110 valence electrons. The molecule has 1 fully saturated rings. The highest BCUT2D eigenvalue weighted by molar-refractivity contribution is 5.77. The summed E-state index contributed by atoms with van der Waals surface area (Å²) in [6.07, 6.45) is 7.00. The molecule has 3 nitrogen and oxygen atoms in total. The number of carbonyl (C=O) groups excluding carboxylic acids is 1. The summed E-state index contributed by atoms with van der Waals surface area (Å²) in [6.45, 7) is 4.02. The van der Waals surface area contributed by atoms with Gasteiger partial charge in [-0.3, -0.25) is 4.79 Å². The summed E-state index contributed by atoms with van der Waals surface area (Å²) < 4.78 is 2.09. The minimum Gasteiger partial charge on any atom is -0.343 e. The first kappa shape index (κ1) is 13.9. The Morgan fingerprint density at radius 3 is 2.33 bits per heavy atom. The number of likely N-dealkylation sites (tertiary alicyclic amines) is 1. The summed E-state index contributed by atoms with van der Waals surface area (Å²) >= 11 is 0. The van der Waals surface area contributed by atoms with Crippen LogP contribution in [-0.4, -0.2) is 28.5 Å². The van der Waals surface area contributed by atoms with E-state index < -0.39 is 0 Å². The molecule has 1 aromatic carbocycles. The molecule has 0 saturated carbocycles. The van der Waals surface area contributed by atoms with Crippen LogP contribution < -0.4 is 0 Å². The van der Waals surface area contributed by atoms with Gasteiger partial charge in [-0.25, -0.2) is 0 Å². The van der Waals surface area contributed by atoms with Crippen molar-refractivity contribution >= 4 is 5.91 Å². The lowest BCUT2D eigenvalue weighted by Crippen LogP contribution is -2.28. The maximum Gasteiger partial charge on any atom is 0.223 e. The molecule has 2 aromatic rings. The van der Waals surface area contributed by atoms with Crippen molar-refractivity contribution in [2.75, 3.05) is 13.1 Å². The van der Waals surface area contributed by atoms with Crippen molar-refractivity contribution in [3.05, 3.63) is 54.4 Å². The standard InChI is InChI=1S/C18H22N2O/c1-15(14-18(21)20-12-4-5-13-20)16-6-8-17(9-7-16)19-10-2-3-11-19/h2-3,6-11,15H,4-5,12-14H2,1H3. The molecule has 3 rings (SSSR count). The SMILES string of the molecule is CC(CC(=O)N1CCCC1)c1ccc(-n2cccc2)cc1. The molecule has 1 aliphatic heterocycles. The summed E-state index contributed by atoms with van der Waals surface area (Å²) in [5.41, 5.74) is 2.39. The Balaban J connectivity index is 1.64. The van der Waals surface area contributed by atoms with E-state index in [1.165, 1.54) is 5.56 Å². The fourth-order valence-electron chi connectivity index (χ4n) is 2.96. The van der Waals surface area contributed by atoms with E-state index in [0.717, 1.165) is 31.6 Å². The van der Waals surface area contributed by atoms with E-state index in [-0.39, 0.29) is 5.92 Å². The first-order valence-corrected chi connectivity index (χ1v) is 7.75.